The van der Waals surface area contributed by atoms with Crippen LogP contribution in [0.3, 0.4) is 0 Å². The molecule has 0 aromatic carbocycles. The second-order valence-electron chi connectivity index (χ2n) is 5.40. The van der Waals surface area contributed by atoms with Crippen molar-refractivity contribution in [3.05, 3.63) is 41.7 Å². The fourth-order valence-electron chi connectivity index (χ4n) is 2.50. The van der Waals surface area contributed by atoms with Crippen molar-refractivity contribution in [3.8, 4) is 0 Å². The first-order chi connectivity index (χ1) is 9.84. The smallest absolute Gasteiger partial charge is 0.0540 e. The number of allylic oxidation sites excluding steroid dienone is 1. The molecule has 1 aromatic heterocycles. The van der Waals surface area contributed by atoms with Crippen LogP contribution in [-0.4, -0.2) is 29.0 Å². The van der Waals surface area contributed by atoms with Gasteiger partial charge in [-0.1, -0.05) is 12.1 Å². The highest BCUT2D eigenvalue weighted by Gasteiger charge is 2.05. The average molecular weight is 272 g/mol. The molecule has 2 rings (SSSR count). The number of aryl methyl sites for hydroxylation is 1. The van der Waals surface area contributed by atoms with Gasteiger partial charge in [0.25, 0.3) is 0 Å². The minimum atomic E-state index is -0.173. The third kappa shape index (κ3) is 5.66. The second-order valence-corrected chi connectivity index (χ2v) is 5.40. The normalized spacial score (nSPS) is 15.9. The average Bonchev–Trinajstić information content (AvgIpc) is 2.49. The number of dihydropyridines is 1. The van der Waals surface area contributed by atoms with Crippen molar-refractivity contribution >= 4 is 6.21 Å². The van der Waals surface area contributed by atoms with Crippen LogP contribution >= 0.6 is 0 Å². The van der Waals surface area contributed by atoms with Crippen molar-refractivity contribution in [2.24, 2.45) is 4.99 Å². The highest BCUT2D eigenvalue weighted by atomic mass is 16.3. The molecule has 3 heteroatoms. The SMILES string of the molecule is OC(CCCC1=CCCN=C1)CCCc1cccnc1. The molecular weight excluding hydrogens is 248 g/mol. The third-order valence-corrected chi connectivity index (χ3v) is 3.65. The van der Waals surface area contributed by atoms with Crippen LogP contribution < -0.4 is 0 Å². The van der Waals surface area contributed by atoms with Gasteiger partial charge in [0.05, 0.1) is 6.10 Å². The second kappa shape index (κ2) is 8.64. The summed E-state index contributed by atoms with van der Waals surface area (Å²) in [6, 6.07) is 4.06. The fourth-order valence-corrected chi connectivity index (χ4v) is 2.50. The molecule has 1 aliphatic rings. The number of hydrogen-bond donors (Lipinski definition) is 1. The Balaban J connectivity index is 1.55. The summed E-state index contributed by atoms with van der Waals surface area (Å²) in [5.41, 5.74) is 2.59. The van der Waals surface area contributed by atoms with Gasteiger partial charge in [-0.3, -0.25) is 9.98 Å². The summed E-state index contributed by atoms with van der Waals surface area (Å²) in [5.74, 6) is 0. The number of pyridine rings is 1. The number of aliphatic imine (C=N–C) groups is 1. The van der Waals surface area contributed by atoms with E-state index in [-0.39, 0.29) is 6.10 Å². The maximum atomic E-state index is 9.99. The molecule has 0 aliphatic carbocycles. The first-order valence-electron chi connectivity index (χ1n) is 7.60. The summed E-state index contributed by atoms with van der Waals surface area (Å²) < 4.78 is 0. The Morgan fingerprint density at radius 1 is 1.20 bits per heavy atom. The number of aliphatic hydroxyl groups excluding tert-OH is 1. The van der Waals surface area contributed by atoms with Crippen molar-refractivity contribution in [3.63, 3.8) is 0 Å². The summed E-state index contributed by atoms with van der Waals surface area (Å²) >= 11 is 0. The zero-order valence-electron chi connectivity index (χ0n) is 12.0. The zero-order chi connectivity index (χ0) is 14.0. The monoisotopic (exact) mass is 272 g/mol. The van der Waals surface area contributed by atoms with Gasteiger partial charge in [-0.25, -0.2) is 0 Å². The standard InChI is InChI=1S/C17H24N2O/c20-17(9-1-5-15-7-3-11-18-13-15)10-2-6-16-8-4-12-19-14-16/h3,7-8,11,13-14,17,20H,1-2,4-6,9-10,12H2. The van der Waals surface area contributed by atoms with E-state index in [1.54, 1.807) is 6.20 Å². The van der Waals surface area contributed by atoms with Crippen LogP contribution in [0.1, 0.15) is 44.1 Å². The molecule has 0 radical (unpaired) electrons. The molecule has 3 nitrogen and oxygen atoms in total. The van der Waals surface area contributed by atoms with Crippen LogP contribution in [0.15, 0.2) is 41.2 Å². The molecular formula is C17H24N2O. The van der Waals surface area contributed by atoms with Gasteiger partial charge in [0.1, 0.15) is 0 Å². The molecule has 0 fully saturated rings. The number of aliphatic hydroxyl groups is 1. The maximum Gasteiger partial charge on any atom is 0.0540 e. The molecule has 1 unspecified atom stereocenters. The lowest BCUT2D eigenvalue weighted by Gasteiger charge is -2.11. The van der Waals surface area contributed by atoms with E-state index in [4.69, 9.17) is 0 Å². The minimum Gasteiger partial charge on any atom is -0.393 e. The Kier molecular flexibility index (Phi) is 6.45. The molecule has 1 atom stereocenters. The molecule has 20 heavy (non-hydrogen) atoms. The van der Waals surface area contributed by atoms with Crippen LogP contribution in [0.4, 0.5) is 0 Å². The molecule has 108 valence electrons. The van der Waals surface area contributed by atoms with E-state index in [2.05, 4.69) is 22.1 Å². The molecule has 0 saturated carbocycles. The quantitative estimate of drug-likeness (QED) is 0.789. The number of aromatic nitrogens is 1. The number of rotatable bonds is 8. The lowest BCUT2D eigenvalue weighted by atomic mass is 10.0. The fraction of sp³-hybridized carbons (Fsp3) is 0.529. The van der Waals surface area contributed by atoms with Gasteiger partial charge in [-0.15, -0.1) is 0 Å². The van der Waals surface area contributed by atoms with E-state index in [1.165, 1.54) is 11.1 Å². The molecule has 0 spiro atoms. The summed E-state index contributed by atoms with van der Waals surface area (Å²) in [5, 5.41) is 9.99. The van der Waals surface area contributed by atoms with Crippen LogP contribution in [0.2, 0.25) is 0 Å². The largest absolute Gasteiger partial charge is 0.393 e. The lowest BCUT2D eigenvalue weighted by molar-refractivity contribution is 0.149. The van der Waals surface area contributed by atoms with E-state index in [1.807, 2.05) is 18.5 Å². The van der Waals surface area contributed by atoms with Crippen LogP contribution in [0.25, 0.3) is 0 Å². The Labute approximate surface area is 121 Å². The summed E-state index contributed by atoms with van der Waals surface area (Å²) in [4.78, 5) is 8.38. The molecule has 0 saturated heterocycles. The van der Waals surface area contributed by atoms with E-state index >= 15 is 0 Å². The van der Waals surface area contributed by atoms with E-state index in [9.17, 15) is 5.11 Å². The molecule has 1 aromatic rings. The van der Waals surface area contributed by atoms with Crippen molar-refractivity contribution in [1.29, 1.82) is 0 Å². The van der Waals surface area contributed by atoms with Crippen LogP contribution in [0.5, 0.6) is 0 Å². The maximum absolute atomic E-state index is 9.99. The number of hydrogen-bond acceptors (Lipinski definition) is 3. The van der Waals surface area contributed by atoms with Crippen molar-refractivity contribution in [2.75, 3.05) is 6.54 Å². The Bertz CT molecular complexity index is 440. The molecule has 1 aliphatic heterocycles. The van der Waals surface area contributed by atoms with Crippen molar-refractivity contribution in [2.45, 2.75) is 51.0 Å². The van der Waals surface area contributed by atoms with Crippen LogP contribution in [0, 0.1) is 0 Å². The van der Waals surface area contributed by atoms with Gasteiger partial charge in [0, 0.05) is 25.2 Å². The Morgan fingerprint density at radius 2 is 2.05 bits per heavy atom. The topological polar surface area (TPSA) is 45.5 Å². The summed E-state index contributed by atoms with van der Waals surface area (Å²) in [6.45, 7) is 0.931. The first-order valence-corrected chi connectivity index (χ1v) is 7.60. The Morgan fingerprint density at radius 3 is 2.75 bits per heavy atom. The van der Waals surface area contributed by atoms with Crippen molar-refractivity contribution < 1.29 is 5.11 Å². The van der Waals surface area contributed by atoms with Gasteiger partial charge in [0.15, 0.2) is 0 Å². The minimum absolute atomic E-state index is 0.173. The van der Waals surface area contributed by atoms with Gasteiger partial charge >= 0.3 is 0 Å². The summed E-state index contributed by atoms with van der Waals surface area (Å²) in [7, 11) is 0. The van der Waals surface area contributed by atoms with Gasteiger partial charge in [0.2, 0.25) is 0 Å². The first kappa shape index (κ1) is 14.9. The molecule has 1 N–H and O–H groups in total. The number of nitrogens with zero attached hydrogens (tertiary/aromatic N) is 2. The van der Waals surface area contributed by atoms with Gasteiger partial charge < -0.3 is 5.11 Å². The van der Waals surface area contributed by atoms with Crippen LogP contribution in [-0.2, 0) is 6.42 Å². The predicted molar refractivity (Wildman–Crippen MR) is 83.1 cm³/mol. The van der Waals surface area contributed by atoms with Crippen molar-refractivity contribution in [1.82, 2.24) is 4.98 Å². The Hall–Kier alpha value is -1.48. The zero-order valence-corrected chi connectivity index (χ0v) is 12.0. The summed E-state index contributed by atoms with van der Waals surface area (Å²) in [6.07, 6.45) is 14.7. The predicted octanol–water partition coefficient (Wildman–Crippen LogP) is 3.34. The third-order valence-electron chi connectivity index (χ3n) is 3.65. The van der Waals surface area contributed by atoms with E-state index in [0.29, 0.717) is 0 Å². The van der Waals surface area contributed by atoms with E-state index < -0.39 is 0 Å². The van der Waals surface area contributed by atoms with Gasteiger partial charge in [-0.05, 0) is 62.1 Å². The van der Waals surface area contributed by atoms with Gasteiger partial charge in [-0.2, -0.15) is 0 Å². The highest BCUT2D eigenvalue weighted by Crippen LogP contribution is 2.14. The van der Waals surface area contributed by atoms with E-state index in [0.717, 1.165) is 51.5 Å². The lowest BCUT2D eigenvalue weighted by Crippen LogP contribution is -2.07. The molecule has 0 amide bonds. The molecule has 0 bridgehead atoms. The highest BCUT2D eigenvalue weighted by molar-refractivity contribution is 5.79. The molecule has 2 heterocycles.